The Labute approximate surface area is 106 Å². The van der Waals surface area contributed by atoms with Gasteiger partial charge in [-0.3, -0.25) is 0 Å². The molecule has 1 N–H and O–H groups in total. The van der Waals surface area contributed by atoms with Crippen LogP contribution in [0.5, 0.6) is 0 Å². The highest BCUT2D eigenvalue weighted by atomic mass is 32.1. The van der Waals surface area contributed by atoms with Gasteiger partial charge in [-0.2, -0.15) is 8.75 Å². The van der Waals surface area contributed by atoms with E-state index in [2.05, 4.69) is 53.0 Å². The van der Waals surface area contributed by atoms with E-state index in [9.17, 15) is 0 Å². The molecule has 17 heavy (non-hydrogen) atoms. The van der Waals surface area contributed by atoms with E-state index in [1.807, 2.05) is 6.20 Å². The molecule has 0 aliphatic rings. The average Bonchev–Trinajstić information content (AvgIpc) is 2.83. The lowest BCUT2D eigenvalue weighted by atomic mass is 9.99. The first-order chi connectivity index (χ1) is 8.22. The second-order valence-electron chi connectivity index (χ2n) is 4.17. The molecule has 1 atom stereocenters. The van der Waals surface area contributed by atoms with E-state index >= 15 is 0 Å². The van der Waals surface area contributed by atoms with Crippen LogP contribution in [0.15, 0.2) is 24.4 Å². The lowest BCUT2D eigenvalue weighted by Gasteiger charge is -2.17. The molecule has 0 saturated heterocycles. The second kappa shape index (κ2) is 5.38. The Hall–Kier alpha value is -1.26. The van der Waals surface area contributed by atoms with Crippen molar-refractivity contribution >= 4 is 11.7 Å². The summed E-state index contributed by atoms with van der Waals surface area (Å²) in [5.41, 5.74) is 4.89. The van der Waals surface area contributed by atoms with E-state index in [0.29, 0.717) is 0 Å². The Morgan fingerprint density at radius 3 is 2.71 bits per heavy atom. The van der Waals surface area contributed by atoms with Gasteiger partial charge in [0.25, 0.3) is 0 Å². The molecule has 2 rings (SSSR count). The minimum absolute atomic E-state index is 0.151. The Kier molecular flexibility index (Phi) is 3.86. The summed E-state index contributed by atoms with van der Waals surface area (Å²) in [6, 6.07) is 6.70. The molecule has 0 fully saturated rings. The minimum atomic E-state index is 0.151. The van der Waals surface area contributed by atoms with Gasteiger partial charge < -0.3 is 5.32 Å². The van der Waals surface area contributed by atoms with Gasteiger partial charge in [0.1, 0.15) is 0 Å². The summed E-state index contributed by atoms with van der Waals surface area (Å²) in [6.45, 7) is 7.29. The molecule has 0 amide bonds. The zero-order chi connectivity index (χ0) is 12.3. The number of hydrogen-bond donors (Lipinski definition) is 1. The fourth-order valence-corrected chi connectivity index (χ4v) is 2.29. The maximum absolute atomic E-state index is 4.33. The normalized spacial score (nSPS) is 12.6. The van der Waals surface area contributed by atoms with Crippen molar-refractivity contribution < 1.29 is 0 Å². The van der Waals surface area contributed by atoms with Crippen LogP contribution in [0.2, 0.25) is 0 Å². The summed E-state index contributed by atoms with van der Waals surface area (Å²) in [4.78, 5) is 0. The lowest BCUT2D eigenvalue weighted by molar-refractivity contribution is 0.619. The number of benzene rings is 1. The molecule has 4 heteroatoms. The monoisotopic (exact) mass is 247 g/mol. The first-order valence-electron chi connectivity index (χ1n) is 5.80. The van der Waals surface area contributed by atoms with E-state index in [-0.39, 0.29) is 6.04 Å². The highest BCUT2D eigenvalue weighted by Crippen LogP contribution is 2.22. The molecule has 90 valence electrons. The fourth-order valence-electron chi connectivity index (χ4n) is 1.84. The van der Waals surface area contributed by atoms with Crippen molar-refractivity contribution in [2.24, 2.45) is 0 Å². The quantitative estimate of drug-likeness (QED) is 0.902. The van der Waals surface area contributed by atoms with Crippen LogP contribution in [0.1, 0.15) is 35.3 Å². The molecule has 0 aliphatic carbocycles. The molecule has 0 radical (unpaired) electrons. The summed E-state index contributed by atoms with van der Waals surface area (Å²) in [7, 11) is 0. The van der Waals surface area contributed by atoms with Crippen LogP contribution < -0.4 is 5.32 Å². The van der Waals surface area contributed by atoms with Gasteiger partial charge >= 0.3 is 0 Å². The molecule has 1 unspecified atom stereocenters. The standard InChI is InChI=1S/C13H17N3S/c1-4-14-13(12-8-15-17-16-12)11-6-5-9(2)10(3)7-11/h5-8,13-14H,4H2,1-3H3. The first kappa shape index (κ1) is 12.2. The van der Waals surface area contributed by atoms with Gasteiger partial charge in [0.05, 0.1) is 29.7 Å². The van der Waals surface area contributed by atoms with Gasteiger partial charge in [0.15, 0.2) is 0 Å². The summed E-state index contributed by atoms with van der Waals surface area (Å²) in [5.74, 6) is 0. The number of aryl methyl sites for hydroxylation is 2. The number of rotatable bonds is 4. The third-order valence-corrected chi connectivity index (χ3v) is 3.44. The van der Waals surface area contributed by atoms with Crippen molar-refractivity contribution in [3.63, 3.8) is 0 Å². The van der Waals surface area contributed by atoms with Crippen LogP contribution in [0.4, 0.5) is 0 Å². The third-order valence-electron chi connectivity index (χ3n) is 2.95. The number of hydrogen-bond acceptors (Lipinski definition) is 4. The van der Waals surface area contributed by atoms with Crippen molar-refractivity contribution in [1.82, 2.24) is 14.1 Å². The average molecular weight is 247 g/mol. The molecule has 0 aliphatic heterocycles. The summed E-state index contributed by atoms with van der Waals surface area (Å²) >= 11 is 1.26. The number of nitrogens with zero attached hydrogens (tertiary/aromatic N) is 2. The zero-order valence-corrected chi connectivity index (χ0v) is 11.2. The van der Waals surface area contributed by atoms with Crippen molar-refractivity contribution in [1.29, 1.82) is 0 Å². The van der Waals surface area contributed by atoms with Crippen LogP contribution in [-0.2, 0) is 0 Å². The lowest BCUT2D eigenvalue weighted by Crippen LogP contribution is -2.22. The first-order valence-corrected chi connectivity index (χ1v) is 6.53. The Morgan fingerprint density at radius 2 is 2.12 bits per heavy atom. The van der Waals surface area contributed by atoms with Crippen LogP contribution in [0, 0.1) is 13.8 Å². The number of aromatic nitrogens is 2. The van der Waals surface area contributed by atoms with Gasteiger partial charge in [-0.25, -0.2) is 0 Å². The maximum atomic E-state index is 4.33. The van der Waals surface area contributed by atoms with Crippen LogP contribution in [-0.4, -0.2) is 15.3 Å². The highest BCUT2D eigenvalue weighted by molar-refractivity contribution is 6.99. The van der Waals surface area contributed by atoms with Crippen LogP contribution in [0.25, 0.3) is 0 Å². The maximum Gasteiger partial charge on any atom is 0.0957 e. The van der Waals surface area contributed by atoms with Crippen molar-refractivity contribution in [2.45, 2.75) is 26.8 Å². The Morgan fingerprint density at radius 1 is 1.29 bits per heavy atom. The van der Waals surface area contributed by atoms with Crippen molar-refractivity contribution in [3.8, 4) is 0 Å². The molecule has 2 aromatic rings. The topological polar surface area (TPSA) is 37.8 Å². The van der Waals surface area contributed by atoms with Crippen molar-refractivity contribution in [2.75, 3.05) is 6.54 Å². The van der Waals surface area contributed by atoms with Crippen molar-refractivity contribution in [3.05, 3.63) is 46.8 Å². The van der Waals surface area contributed by atoms with Crippen LogP contribution >= 0.6 is 11.7 Å². The molecule has 1 aromatic carbocycles. The number of nitrogens with one attached hydrogen (secondary N) is 1. The van der Waals surface area contributed by atoms with E-state index < -0.39 is 0 Å². The largest absolute Gasteiger partial charge is 0.305 e. The predicted molar refractivity (Wildman–Crippen MR) is 71.3 cm³/mol. The summed E-state index contributed by atoms with van der Waals surface area (Å²) in [6.07, 6.45) is 1.84. The second-order valence-corrected chi connectivity index (χ2v) is 4.72. The molecule has 1 heterocycles. The van der Waals surface area contributed by atoms with Gasteiger partial charge in [0, 0.05) is 0 Å². The Bertz CT molecular complexity index is 479. The molecular weight excluding hydrogens is 230 g/mol. The molecule has 0 spiro atoms. The summed E-state index contributed by atoms with van der Waals surface area (Å²) in [5, 5.41) is 3.45. The van der Waals surface area contributed by atoms with Gasteiger partial charge in [0.2, 0.25) is 0 Å². The highest BCUT2D eigenvalue weighted by Gasteiger charge is 2.15. The van der Waals surface area contributed by atoms with E-state index in [1.165, 1.54) is 28.4 Å². The molecule has 0 bridgehead atoms. The van der Waals surface area contributed by atoms with E-state index in [4.69, 9.17) is 0 Å². The SMILES string of the molecule is CCNC(c1ccc(C)c(C)c1)c1cnsn1. The van der Waals surface area contributed by atoms with Gasteiger partial charge in [-0.15, -0.1) is 0 Å². The predicted octanol–water partition coefficient (Wildman–Crippen LogP) is 2.85. The fraction of sp³-hybridized carbons (Fsp3) is 0.385. The van der Waals surface area contributed by atoms with E-state index in [1.54, 1.807) is 0 Å². The zero-order valence-electron chi connectivity index (χ0n) is 10.4. The third kappa shape index (κ3) is 2.70. The molecule has 3 nitrogen and oxygen atoms in total. The molecule has 0 saturated carbocycles. The van der Waals surface area contributed by atoms with Gasteiger partial charge in [-0.1, -0.05) is 25.1 Å². The smallest absolute Gasteiger partial charge is 0.0957 e. The van der Waals surface area contributed by atoms with E-state index in [0.717, 1.165) is 12.2 Å². The minimum Gasteiger partial charge on any atom is -0.305 e. The Balaban J connectivity index is 2.35. The summed E-state index contributed by atoms with van der Waals surface area (Å²) < 4.78 is 8.41. The van der Waals surface area contributed by atoms with Gasteiger partial charge in [-0.05, 0) is 37.1 Å². The molecule has 1 aromatic heterocycles. The van der Waals surface area contributed by atoms with Crippen LogP contribution in [0.3, 0.4) is 0 Å². The molecular formula is C13H17N3S.